The van der Waals surface area contributed by atoms with Gasteiger partial charge in [-0.05, 0) is 48.0 Å². The molecule has 2 heterocycles. The van der Waals surface area contributed by atoms with Crippen molar-refractivity contribution in [2.24, 2.45) is 0 Å². The largest absolute Gasteiger partial charge is 0.494 e. The molecule has 0 atom stereocenters. The molecule has 0 radical (unpaired) electrons. The van der Waals surface area contributed by atoms with Crippen LogP contribution in [0.15, 0.2) is 71.9 Å². The van der Waals surface area contributed by atoms with Gasteiger partial charge in [0.2, 0.25) is 6.79 Å². The van der Waals surface area contributed by atoms with E-state index < -0.39 is 0 Å². The molecule has 3 aromatic carbocycles. The zero-order valence-electron chi connectivity index (χ0n) is 16.6. The minimum absolute atomic E-state index is 0.212. The lowest BCUT2D eigenvalue weighted by molar-refractivity contribution is 0.174. The summed E-state index contributed by atoms with van der Waals surface area (Å²) in [7, 11) is 1.45. The van der Waals surface area contributed by atoms with Gasteiger partial charge < -0.3 is 14.2 Å². The minimum atomic E-state index is -0.383. The van der Waals surface area contributed by atoms with Gasteiger partial charge >= 0.3 is 0 Å². The first-order valence-corrected chi connectivity index (χ1v) is 10.6. The van der Waals surface area contributed by atoms with Crippen molar-refractivity contribution >= 4 is 11.8 Å². The smallest absolute Gasteiger partial charge is 0.231 e. The molecule has 0 aliphatic carbocycles. The second kappa shape index (κ2) is 8.31. The third kappa shape index (κ3) is 3.82. The number of nitrogens with zero attached hydrogens (tertiary/aromatic N) is 3. The molecule has 0 spiro atoms. The van der Waals surface area contributed by atoms with Crippen LogP contribution in [0.4, 0.5) is 4.39 Å². The third-order valence-electron chi connectivity index (χ3n) is 4.86. The van der Waals surface area contributed by atoms with E-state index in [1.807, 2.05) is 59.2 Å². The number of fused-ring (bicyclic) bond motifs is 1. The van der Waals surface area contributed by atoms with E-state index in [2.05, 4.69) is 10.2 Å². The Kier molecular flexibility index (Phi) is 5.21. The molecular formula is C23H18FN3O3S. The van der Waals surface area contributed by atoms with Gasteiger partial charge in [0.05, 0.1) is 7.11 Å². The van der Waals surface area contributed by atoms with Crippen LogP contribution in [-0.2, 0) is 5.75 Å². The van der Waals surface area contributed by atoms with Gasteiger partial charge in [0, 0.05) is 17.0 Å². The number of methoxy groups -OCH3 is 1. The number of thioether (sulfide) groups is 1. The number of aromatic nitrogens is 3. The quantitative estimate of drug-likeness (QED) is 0.393. The number of ether oxygens (including phenoxy) is 3. The van der Waals surface area contributed by atoms with Crippen LogP contribution in [0.5, 0.6) is 17.2 Å². The van der Waals surface area contributed by atoms with Crippen molar-refractivity contribution in [2.45, 2.75) is 10.9 Å². The first-order valence-electron chi connectivity index (χ1n) is 9.59. The normalized spacial score (nSPS) is 12.2. The maximum absolute atomic E-state index is 14.1. The second-order valence-corrected chi connectivity index (χ2v) is 7.75. The molecule has 0 amide bonds. The van der Waals surface area contributed by atoms with Crippen LogP contribution in [-0.4, -0.2) is 28.7 Å². The lowest BCUT2D eigenvalue weighted by Crippen LogP contribution is -2.00. The average molecular weight is 435 g/mol. The molecule has 8 heteroatoms. The highest BCUT2D eigenvalue weighted by Gasteiger charge is 2.20. The van der Waals surface area contributed by atoms with Crippen LogP contribution in [0.1, 0.15) is 5.56 Å². The van der Waals surface area contributed by atoms with E-state index in [0.717, 1.165) is 16.8 Å². The van der Waals surface area contributed by atoms with E-state index in [-0.39, 0.29) is 18.4 Å². The molecule has 6 nitrogen and oxygen atoms in total. The highest BCUT2D eigenvalue weighted by molar-refractivity contribution is 7.98. The van der Waals surface area contributed by atoms with Crippen molar-refractivity contribution in [3.05, 3.63) is 78.1 Å². The number of benzene rings is 3. The van der Waals surface area contributed by atoms with E-state index >= 15 is 0 Å². The highest BCUT2D eigenvalue weighted by atomic mass is 32.2. The minimum Gasteiger partial charge on any atom is -0.494 e. The Morgan fingerprint density at radius 1 is 1.00 bits per heavy atom. The summed E-state index contributed by atoms with van der Waals surface area (Å²) >= 11 is 1.48. The van der Waals surface area contributed by atoms with Gasteiger partial charge in [-0.15, -0.1) is 10.2 Å². The Balaban J connectivity index is 1.50. The first kappa shape index (κ1) is 19.4. The van der Waals surface area contributed by atoms with Crippen LogP contribution in [0, 0.1) is 5.82 Å². The molecule has 0 N–H and O–H groups in total. The van der Waals surface area contributed by atoms with Crippen molar-refractivity contribution < 1.29 is 18.6 Å². The SMILES string of the molecule is COc1ccc(CSc2nnc(-c3ccc4c(c3)OCO4)n2-c2ccccc2)cc1F. The predicted octanol–water partition coefficient (Wildman–Crippen LogP) is 5.10. The summed E-state index contributed by atoms with van der Waals surface area (Å²) in [6.07, 6.45) is 0. The van der Waals surface area contributed by atoms with Crippen LogP contribution in [0.3, 0.4) is 0 Å². The summed E-state index contributed by atoms with van der Waals surface area (Å²) < 4.78 is 32.0. The first-order chi connectivity index (χ1) is 15.2. The lowest BCUT2D eigenvalue weighted by atomic mass is 10.2. The molecule has 0 saturated carbocycles. The summed E-state index contributed by atoms with van der Waals surface area (Å²) in [5.41, 5.74) is 2.63. The fraction of sp³-hybridized carbons (Fsp3) is 0.130. The van der Waals surface area contributed by atoms with Gasteiger partial charge in [-0.3, -0.25) is 4.57 Å². The Bertz CT molecular complexity index is 1230. The monoisotopic (exact) mass is 435 g/mol. The topological polar surface area (TPSA) is 58.4 Å². The van der Waals surface area contributed by atoms with Crippen molar-refractivity contribution in [1.29, 1.82) is 0 Å². The Labute approximate surface area is 182 Å². The fourth-order valence-electron chi connectivity index (χ4n) is 3.34. The lowest BCUT2D eigenvalue weighted by Gasteiger charge is -2.11. The van der Waals surface area contributed by atoms with Gasteiger partial charge in [0.1, 0.15) is 0 Å². The summed E-state index contributed by atoms with van der Waals surface area (Å²) in [6, 6.07) is 20.5. The molecule has 0 bridgehead atoms. The molecule has 0 fully saturated rings. The van der Waals surface area contributed by atoms with Crippen molar-refractivity contribution in [3.63, 3.8) is 0 Å². The van der Waals surface area contributed by atoms with Crippen molar-refractivity contribution in [1.82, 2.24) is 14.8 Å². The maximum Gasteiger partial charge on any atom is 0.231 e. The predicted molar refractivity (Wildman–Crippen MR) is 115 cm³/mol. The number of para-hydroxylation sites is 1. The van der Waals surface area contributed by atoms with Crippen molar-refractivity contribution in [3.8, 4) is 34.3 Å². The average Bonchev–Trinajstić information content (AvgIpc) is 3.44. The fourth-order valence-corrected chi connectivity index (χ4v) is 4.24. The molecular weight excluding hydrogens is 417 g/mol. The zero-order chi connectivity index (χ0) is 21.2. The summed E-state index contributed by atoms with van der Waals surface area (Å²) in [5, 5.41) is 9.57. The highest BCUT2D eigenvalue weighted by Crippen LogP contribution is 2.37. The van der Waals surface area contributed by atoms with Crippen LogP contribution >= 0.6 is 11.8 Å². The van der Waals surface area contributed by atoms with Gasteiger partial charge in [0.15, 0.2) is 34.0 Å². The molecule has 0 unspecified atom stereocenters. The number of halogens is 1. The Hall–Kier alpha value is -3.52. The van der Waals surface area contributed by atoms with Gasteiger partial charge in [-0.2, -0.15) is 0 Å². The summed E-state index contributed by atoms with van der Waals surface area (Å²) in [4.78, 5) is 0. The standard InChI is InChI=1S/C23H18FN3O3S/c1-28-19-9-7-15(11-18(19)24)13-31-23-26-25-22(27(23)17-5-3-2-4-6-17)16-8-10-20-21(12-16)30-14-29-20/h2-12H,13-14H2,1H3. The third-order valence-corrected chi connectivity index (χ3v) is 5.86. The molecule has 4 aromatic rings. The molecule has 156 valence electrons. The van der Waals surface area contributed by atoms with Gasteiger partial charge in [-0.25, -0.2) is 4.39 Å². The number of rotatable bonds is 6. The van der Waals surface area contributed by atoms with Gasteiger partial charge in [0.25, 0.3) is 0 Å². The Morgan fingerprint density at radius 2 is 1.84 bits per heavy atom. The van der Waals surface area contributed by atoms with Crippen LogP contribution < -0.4 is 14.2 Å². The second-order valence-electron chi connectivity index (χ2n) is 6.80. The van der Waals surface area contributed by atoms with Crippen LogP contribution in [0.2, 0.25) is 0 Å². The van der Waals surface area contributed by atoms with E-state index in [0.29, 0.717) is 28.2 Å². The van der Waals surface area contributed by atoms with Gasteiger partial charge in [-0.1, -0.05) is 36.0 Å². The zero-order valence-corrected chi connectivity index (χ0v) is 17.4. The molecule has 5 rings (SSSR count). The van der Waals surface area contributed by atoms with E-state index in [4.69, 9.17) is 14.2 Å². The Morgan fingerprint density at radius 3 is 2.65 bits per heavy atom. The maximum atomic E-state index is 14.1. The molecule has 1 aliphatic heterocycles. The van der Waals surface area contributed by atoms with Crippen LogP contribution in [0.25, 0.3) is 17.1 Å². The number of hydrogen-bond donors (Lipinski definition) is 0. The summed E-state index contributed by atoms with van der Waals surface area (Å²) in [5.74, 6) is 2.46. The molecule has 31 heavy (non-hydrogen) atoms. The van der Waals surface area contributed by atoms with E-state index in [1.54, 1.807) is 6.07 Å². The number of hydrogen-bond acceptors (Lipinski definition) is 6. The summed E-state index contributed by atoms with van der Waals surface area (Å²) in [6.45, 7) is 0.212. The molecule has 1 aliphatic rings. The van der Waals surface area contributed by atoms with E-state index in [9.17, 15) is 4.39 Å². The van der Waals surface area contributed by atoms with E-state index in [1.165, 1.54) is 24.9 Å². The van der Waals surface area contributed by atoms with Crippen molar-refractivity contribution in [2.75, 3.05) is 13.9 Å². The molecule has 1 aromatic heterocycles. The molecule has 0 saturated heterocycles.